The summed E-state index contributed by atoms with van der Waals surface area (Å²) in [5, 5.41) is 29.6. The summed E-state index contributed by atoms with van der Waals surface area (Å²) in [6.45, 7) is -0.311. The standard InChI is InChI=1S/C9H17NO3/c1-2-3-4-5-10-9(6-11,7-12)8-13/h1,10-13H,3-8H2. The van der Waals surface area contributed by atoms with E-state index in [0.29, 0.717) is 13.0 Å². The van der Waals surface area contributed by atoms with E-state index in [1.165, 1.54) is 0 Å². The van der Waals surface area contributed by atoms with Crippen molar-refractivity contribution in [3.05, 3.63) is 0 Å². The predicted molar refractivity (Wildman–Crippen MR) is 50.1 cm³/mol. The molecular weight excluding hydrogens is 170 g/mol. The molecule has 0 rings (SSSR count). The number of aliphatic hydroxyl groups is 3. The van der Waals surface area contributed by atoms with E-state index in [2.05, 4.69) is 11.2 Å². The molecule has 0 unspecified atom stereocenters. The van der Waals surface area contributed by atoms with Gasteiger partial charge in [0.15, 0.2) is 0 Å². The van der Waals surface area contributed by atoms with Gasteiger partial charge in [-0.15, -0.1) is 12.3 Å². The first-order valence-electron chi connectivity index (χ1n) is 4.26. The Kier molecular flexibility index (Phi) is 6.55. The van der Waals surface area contributed by atoms with Crippen LogP contribution in [0.15, 0.2) is 0 Å². The van der Waals surface area contributed by atoms with Crippen LogP contribution in [0, 0.1) is 12.3 Å². The van der Waals surface area contributed by atoms with Crippen LogP contribution < -0.4 is 5.32 Å². The lowest BCUT2D eigenvalue weighted by molar-refractivity contribution is 0.0427. The Morgan fingerprint density at radius 3 is 2.08 bits per heavy atom. The smallest absolute Gasteiger partial charge is 0.0881 e. The van der Waals surface area contributed by atoms with Gasteiger partial charge in [0.25, 0.3) is 0 Å². The van der Waals surface area contributed by atoms with Crippen molar-refractivity contribution in [2.24, 2.45) is 0 Å². The Bertz CT molecular complexity index is 152. The van der Waals surface area contributed by atoms with Gasteiger partial charge in [-0.3, -0.25) is 0 Å². The van der Waals surface area contributed by atoms with Crippen molar-refractivity contribution in [2.45, 2.75) is 18.4 Å². The second-order valence-electron chi connectivity index (χ2n) is 2.99. The maximum absolute atomic E-state index is 8.91. The minimum Gasteiger partial charge on any atom is -0.394 e. The summed E-state index contributed by atoms with van der Waals surface area (Å²) in [4.78, 5) is 0. The van der Waals surface area contributed by atoms with E-state index in [-0.39, 0.29) is 19.8 Å². The van der Waals surface area contributed by atoms with Gasteiger partial charge in [0.2, 0.25) is 0 Å². The zero-order valence-electron chi connectivity index (χ0n) is 7.66. The maximum Gasteiger partial charge on any atom is 0.0881 e. The monoisotopic (exact) mass is 187 g/mol. The zero-order chi connectivity index (χ0) is 10.2. The van der Waals surface area contributed by atoms with E-state index < -0.39 is 5.54 Å². The molecule has 0 aliphatic carbocycles. The Labute approximate surface area is 78.6 Å². The molecule has 0 heterocycles. The summed E-state index contributed by atoms with van der Waals surface area (Å²) >= 11 is 0. The van der Waals surface area contributed by atoms with Crippen molar-refractivity contribution in [3.8, 4) is 12.3 Å². The van der Waals surface area contributed by atoms with Crippen LogP contribution in [0.25, 0.3) is 0 Å². The molecule has 0 aromatic carbocycles. The third-order valence-electron chi connectivity index (χ3n) is 1.91. The van der Waals surface area contributed by atoms with Gasteiger partial charge in [-0.2, -0.15) is 0 Å². The number of hydrogen-bond donors (Lipinski definition) is 4. The van der Waals surface area contributed by atoms with Gasteiger partial charge < -0.3 is 20.6 Å². The minimum atomic E-state index is -0.978. The first kappa shape index (κ1) is 12.4. The summed E-state index contributed by atoms with van der Waals surface area (Å²) in [6.07, 6.45) is 6.46. The lowest BCUT2D eigenvalue weighted by Gasteiger charge is -2.28. The number of nitrogens with one attached hydrogen (secondary N) is 1. The third-order valence-corrected chi connectivity index (χ3v) is 1.91. The molecule has 13 heavy (non-hydrogen) atoms. The van der Waals surface area contributed by atoms with E-state index in [1.807, 2.05) is 0 Å². The highest BCUT2D eigenvalue weighted by Crippen LogP contribution is 2.01. The second kappa shape index (κ2) is 6.87. The SMILES string of the molecule is C#CCCCNC(CO)(CO)CO. The molecule has 0 atom stereocenters. The van der Waals surface area contributed by atoms with E-state index in [9.17, 15) is 0 Å². The lowest BCUT2D eigenvalue weighted by Crippen LogP contribution is -2.55. The average Bonchev–Trinajstić information content (AvgIpc) is 2.20. The minimum absolute atomic E-state index is 0.296. The van der Waals surface area contributed by atoms with Crippen molar-refractivity contribution in [1.29, 1.82) is 0 Å². The molecule has 0 bridgehead atoms. The molecule has 4 N–H and O–H groups in total. The molecule has 0 fully saturated rings. The fourth-order valence-electron chi connectivity index (χ4n) is 0.862. The van der Waals surface area contributed by atoms with Gasteiger partial charge in [0, 0.05) is 6.42 Å². The van der Waals surface area contributed by atoms with Crippen molar-refractivity contribution in [2.75, 3.05) is 26.4 Å². The fraction of sp³-hybridized carbons (Fsp3) is 0.778. The van der Waals surface area contributed by atoms with Crippen LogP contribution in [0.3, 0.4) is 0 Å². The Balaban J connectivity index is 3.76. The molecule has 0 saturated heterocycles. The van der Waals surface area contributed by atoms with Crippen molar-refractivity contribution in [3.63, 3.8) is 0 Å². The molecule has 0 aromatic rings. The van der Waals surface area contributed by atoms with Crippen LogP contribution in [0.2, 0.25) is 0 Å². The largest absolute Gasteiger partial charge is 0.394 e. The first-order chi connectivity index (χ1) is 6.24. The summed E-state index contributed by atoms with van der Waals surface area (Å²) in [5.74, 6) is 2.48. The topological polar surface area (TPSA) is 72.7 Å². The van der Waals surface area contributed by atoms with E-state index in [4.69, 9.17) is 21.7 Å². The molecule has 76 valence electrons. The van der Waals surface area contributed by atoms with Gasteiger partial charge in [-0.05, 0) is 13.0 Å². The van der Waals surface area contributed by atoms with Gasteiger partial charge in [-0.1, -0.05) is 0 Å². The summed E-state index contributed by atoms with van der Waals surface area (Å²) < 4.78 is 0. The van der Waals surface area contributed by atoms with Crippen LogP contribution in [-0.2, 0) is 0 Å². The number of rotatable bonds is 7. The summed E-state index contributed by atoms with van der Waals surface area (Å²) in [7, 11) is 0. The van der Waals surface area contributed by atoms with E-state index in [1.54, 1.807) is 0 Å². The lowest BCUT2D eigenvalue weighted by atomic mass is 10.0. The molecule has 0 aliphatic rings. The molecule has 0 spiro atoms. The normalized spacial score (nSPS) is 11.2. The van der Waals surface area contributed by atoms with E-state index >= 15 is 0 Å². The molecule has 0 saturated carbocycles. The van der Waals surface area contributed by atoms with Crippen LogP contribution in [0.5, 0.6) is 0 Å². The Morgan fingerprint density at radius 1 is 1.15 bits per heavy atom. The molecule has 0 radical (unpaired) electrons. The highest BCUT2D eigenvalue weighted by atomic mass is 16.3. The van der Waals surface area contributed by atoms with Gasteiger partial charge >= 0.3 is 0 Å². The quantitative estimate of drug-likeness (QED) is 0.295. The van der Waals surface area contributed by atoms with Gasteiger partial charge in [-0.25, -0.2) is 0 Å². The molecule has 0 aromatic heterocycles. The van der Waals surface area contributed by atoms with Gasteiger partial charge in [0.1, 0.15) is 0 Å². The summed E-state index contributed by atoms with van der Waals surface area (Å²) in [6, 6.07) is 0. The third kappa shape index (κ3) is 4.25. The Morgan fingerprint density at radius 2 is 1.69 bits per heavy atom. The highest BCUT2D eigenvalue weighted by molar-refractivity contribution is 4.88. The van der Waals surface area contributed by atoms with Crippen LogP contribution >= 0.6 is 0 Å². The Hall–Kier alpha value is -0.600. The van der Waals surface area contributed by atoms with E-state index in [0.717, 1.165) is 6.42 Å². The van der Waals surface area contributed by atoms with Gasteiger partial charge in [0.05, 0.1) is 25.4 Å². The number of hydrogen-bond acceptors (Lipinski definition) is 4. The van der Waals surface area contributed by atoms with Crippen LogP contribution in [0.4, 0.5) is 0 Å². The molecular formula is C9H17NO3. The molecule has 4 heteroatoms. The maximum atomic E-state index is 8.91. The van der Waals surface area contributed by atoms with Crippen molar-refractivity contribution in [1.82, 2.24) is 5.32 Å². The molecule has 0 amide bonds. The number of aliphatic hydroxyl groups excluding tert-OH is 3. The fourth-order valence-corrected chi connectivity index (χ4v) is 0.862. The van der Waals surface area contributed by atoms with Crippen LogP contribution in [0.1, 0.15) is 12.8 Å². The highest BCUT2D eigenvalue weighted by Gasteiger charge is 2.26. The van der Waals surface area contributed by atoms with Crippen LogP contribution in [-0.4, -0.2) is 47.2 Å². The zero-order valence-corrected chi connectivity index (χ0v) is 7.66. The summed E-state index contributed by atoms with van der Waals surface area (Å²) in [5.41, 5.74) is -0.978. The molecule has 4 nitrogen and oxygen atoms in total. The average molecular weight is 187 g/mol. The second-order valence-corrected chi connectivity index (χ2v) is 2.99. The first-order valence-corrected chi connectivity index (χ1v) is 4.26. The molecule has 0 aliphatic heterocycles. The predicted octanol–water partition coefficient (Wildman–Crippen LogP) is -1.29. The number of unbranched alkanes of at least 4 members (excludes halogenated alkanes) is 1. The van der Waals surface area contributed by atoms with Crippen molar-refractivity contribution < 1.29 is 15.3 Å². The van der Waals surface area contributed by atoms with Crippen molar-refractivity contribution >= 4 is 0 Å². The number of terminal acetylenes is 1.